The standard InChI is InChI=1S/C16H11F2NO3/c1-8-13(20)5-4-11-14(8)16(22)19(15(11)21)7-9-2-3-10(17)6-12(9)18/h2-6,20H,7H2,1H3. The number of benzene rings is 2. The van der Waals surface area contributed by atoms with Crippen molar-refractivity contribution in [3.05, 3.63) is 64.2 Å². The van der Waals surface area contributed by atoms with Gasteiger partial charge >= 0.3 is 0 Å². The van der Waals surface area contributed by atoms with Gasteiger partial charge in [-0.05, 0) is 25.1 Å². The normalized spacial score (nSPS) is 13.7. The summed E-state index contributed by atoms with van der Waals surface area (Å²) < 4.78 is 26.6. The third-order valence-electron chi connectivity index (χ3n) is 3.71. The third-order valence-corrected chi connectivity index (χ3v) is 3.71. The Kier molecular flexibility index (Phi) is 3.16. The van der Waals surface area contributed by atoms with E-state index in [9.17, 15) is 23.5 Å². The molecular weight excluding hydrogens is 292 g/mol. The number of halogens is 2. The number of aromatic hydroxyl groups is 1. The molecule has 1 N–H and O–H groups in total. The number of imide groups is 1. The summed E-state index contributed by atoms with van der Waals surface area (Å²) in [6.07, 6.45) is 0. The maximum atomic E-state index is 13.7. The second-order valence-corrected chi connectivity index (χ2v) is 5.06. The van der Waals surface area contributed by atoms with Crippen LogP contribution in [0.25, 0.3) is 0 Å². The summed E-state index contributed by atoms with van der Waals surface area (Å²) in [5.41, 5.74) is 0.631. The zero-order valence-corrected chi connectivity index (χ0v) is 11.6. The van der Waals surface area contributed by atoms with E-state index in [1.54, 1.807) is 0 Å². The van der Waals surface area contributed by atoms with Crippen LogP contribution in [0.2, 0.25) is 0 Å². The van der Waals surface area contributed by atoms with E-state index in [1.807, 2.05) is 0 Å². The first-order valence-corrected chi connectivity index (χ1v) is 6.53. The smallest absolute Gasteiger partial charge is 0.262 e. The van der Waals surface area contributed by atoms with Gasteiger partial charge < -0.3 is 5.11 Å². The molecule has 3 rings (SSSR count). The maximum Gasteiger partial charge on any atom is 0.262 e. The molecule has 112 valence electrons. The number of amides is 2. The Labute approximate surface area is 124 Å². The zero-order valence-electron chi connectivity index (χ0n) is 11.6. The minimum atomic E-state index is -0.823. The van der Waals surface area contributed by atoms with Crippen LogP contribution in [0.15, 0.2) is 30.3 Å². The van der Waals surface area contributed by atoms with Gasteiger partial charge in [-0.2, -0.15) is 0 Å². The van der Waals surface area contributed by atoms with E-state index in [0.29, 0.717) is 11.6 Å². The Morgan fingerprint density at radius 1 is 1.09 bits per heavy atom. The number of nitrogens with zero attached hydrogens (tertiary/aromatic N) is 1. The van der Waals surface area contributed by atoms with Crippen molar-refractivity contribution in [2.24, 2.45) is 0 Å². The molecule has 0 unspecified atom stereocenters. The van der Waals surface area contributed by atoms with Crippen LogP contribution >= 0.6 is 0 Å². The van der Waals surface area contributed by atoms with Gasteiger partial charge in [0.25, 0.3) is 11.8 Å². The number of hydrogen-bond acceptors (Lipinski definition) is 3. The molecule has 4 nitrogen and oxygen atoms in total. The van der Waals surface area contributed by atoms with Crippen LogP contribution in [0.3, 0.4) is 0 Å². The molecule has 6 heteroatoms. The lowest BCUT2D eigenvalue weighted by molar-refractivity contribution is 0.0640. The van der Waals surface area contributed by atoms with Crippen molar-refractivity contribution in [3.63, 3.8) is 0 Å². The lowest BCUT2D eigenvalue weighted by Crippen LogP contribution is -2.29. The van der Waals surface area contributed by atoms with E-state index in [2.05, 4.69) is 0 Å². The summed E-state index contributed by atoms with van der Waals surface area (Å²) >= 11 is 0. The molecule has 22 heavy (non-hydrogen) atoms. The van der Waals surface area contributed by atoms with Crippen LogP contribution in [0.4, 0.5) is 8.78 Å². The van der Waals surface area contributed by atoms with Crippen molar-refractivity contribution in [1.82, 2.24) is 4.90 Å². The lowest BCUT2D eigenvalue weighted by atomic mass is 10.0. The van der Waals surface area contributed by atoms with Gasteiger partial charge in [-0.1, -0.05) is 6.07 Å². The van der Waals surface area contributed by atoms with Gasteiger partial charge in [-0.25, -0.2) is 8.78 Å². The summed E-state index contributed by atoms with van der Waals surface area (Å²) in [4.78, 5) is 25.5. The first-order chi connectivity index (χ1) is 10.4. The highest BCUT2D eigenvalue weighted by molar-refractivity contribution is 6.22. The summed E-state index contributed by atoms with van der Waals surface area (Å²) in [6, 6.07) is 5.65. The molecule has 0 aromatic heterocycles. The van der Waals surface area contributed by atoms with Crippen molar-refractivity contribution >= 4 is 11.8 Å². The van der Waals surface area contributed by atoms with Crippen molar-refractivity contribution in [1.29, 1.82) is 0 Å². The fourth-order valence-corrected chi connectivity index (χ4v) is 2.49. The topological polar surface area (TPSA) is 57.6 Å². The Morgan fingerprint density at radius 2 is 1.82 bits per heavy atom. The van der Waals surface area contributed by atoms with E-state index in [0.717, 1.165) is 11.0 Å². The Morgan fingerprint density at radius 3 is 2.50 bits per heavy atom. The first kappa shape index (κ1) is 14.2. The Bertz CT molecular complexity index is 817. The van der Waals surface area contributed by atoms with E-state index < -0.39 is 23.4 Å². The molecule has 0 fully saturated rings. The number of carbonyl (C=O) groups is 2. The van der Waals surface area contributed by atoms with E-state index >= 15 is 0 Å². The van der Waals surface area contributed by atoms with Gasteiger partial charge in [-0.15, -0.1) is 0 Å². The summed E-state index contributed by atoms with van der Waals surface area (Å²) in [7, 11) is 0. The van der Waals surface area contributed by atoms with Crippen molar-refractivity contribution in [2.75, 3.05) is 0 Å². The molecule has 2 aromatic carbocycles. The van der Waals surface area contributed by atoms with Crippen LogP contribution in [-0.4, -0.2) is 21.8 Å². The molecule has 1 aliphatic heterocycles. The minimum absolute atomic E-state index is 0.0396. The molecule has 1 heterocycles. The summed E-state index contributed by atoms with van der Waals surface area (Å²) in [5.74, 6) is -2.81. The van der Waals surface area contributed by atoms with Crippen LogP contribution in [0, 0.1) is 18.6 Å². The number of carbonyl (C=O) groups excluding carboxylic acids is 2. The second-order valence-electron chi connectivity index (χ2n) is 5.06. The van der Waals surface area contributed by atoms with E-state index in [4.69, 9.17) is 0 Å². The number of hydrogen-bond donors (Lipinski definition) is 1. The second kappa shape index (κ2) is 4.91. The van der Waals surface area contributed by atoms with Gasteiger partial charge in [0.1, 0.15) is 17.4 Å². The molecule has 0 saturated heterocycles. The maximum absolute atomic E-state index is 13.7. The van der Waals surface area contributed by atoms with Crippen molar-refractivity contribution in [3.8, 4) is 5.75 Å². The van der Waals surface area contributed by atoms with Crippen molar-refractivity contribution in [2.45, 2.75) is 13.5 Å². The number of rotatable bonds is 2. The fourth-order valence-electron chi connectivity index (χ4n) is 2.49. The lowest BCUT2D eigenvalue weighted by Gasteiger charge is -2.14. The molecule has 1 aliphatic rings. The van der Waals surface area contributed by atoms with E-state index in [-0.39, 0.29) is 29.0 Å². The SMILES string of the molecule is Cc1c(O)ccc2c1C(=O)N(Cc1ccc(F)cc1F)C2=O. The average molecular weight is 303 g/mol. The van der Waals surface area contributed by atoms with Gasteiger partial charge in [0.15, 0.2) is 0 Å². The third kappa shape index (κ3) is 2.04. The first-order valence-electron chi connectivity index (χ1n) is 6.53. The van der Waals surface area contributed by atoms with Crippen LogP contribution in [0.5, 0.6) is 5.75 Å². The van der Waals surface area contributed by atoms with Crippen molar-refractivity contribution < 1.29 is 23.5 Å². The molecule has 0 bridgehead atoms. The van der Waals surface area contributed by atoms with Gasteiger partial charge in [0.05, 0.1) is 17.7 Å². The summed E-state index contributed by atoms with van der Waals surface area (Å²) in [6.45, 7) is 1.24. The monoisotopic (exact) mass is 303 g/mol. The Balaban J connectivity index is 1.99. The highest BCUT2D eigenvalue weighted by Gasteiger charge is 2.37. The predicted octanol–water partition coefficient (Wildman–Crippen LogP) is 2.78. The molecular formula is C16H11F2NO3. The quantitative estimate of drug-likeness (QED) is 0.868. The van der Waals surface area contributed by atoms with Crippen LogP contribution < -0.4 is 0 Å². The molecule has 2 aromatic rings. The van der Waals surface area contributed by atoms with Gasteiger partial charge in [0, 0.05) is 17.2 Å². The molecule has 0 atom stereocenters. The fraction of sp³-hybridized carbons (Fsp3) is 0.125. The average Bonchev–Trinajstić information content (AvgIpc) is 2.70. The van der Waals surface area contributed by atoms with Crippen LogP contribution in [-0.2, 0) is 6.54 Å². The predicted molar refractivity (Wildman–Crippen MR) is 73.4 cm³/mol. The van der Waals surface area contributed by atoms with Crippen LogP contribution in [0.1, 0.15) is 31.8 Å². The van der Waals surface area contributed by atoms with Gasteiger partial charge in [-0.3, -0.25) is 14.5 Å². The summed E-state index contributed by atoms with van der Waals surface area (Å²) in [5, 5.41) is 9.65. The molecule has 0 spiro atoms. The Hall–Kier alpha value is -2.76. The zero-order chi connectivity index (χ0) is 16.0. The molecule has 2 amide bonds. The van der Waals surface area contributed by atoms with E-state index in [1.165, 1.54) is 25.1 Å². The number of phenolic OH excluding ortho intramolecular Hbond substituents is 1. The number of fused-ring (bicyclic) bond motifs is 1. The number of phenols is 1. The highest BCUT2D eigenvalue weighted by atomic mass is 19.1. The minimum Gasteiger partial charge on any atom is -0.508 e. The molecule has 0 aliphatic carbocycles. The molecule has 0 saturated carbocycles. The highest BCUT2D eigenvalue weighted by Crippen LogP contribution is 2.32. The molecule has 0 radical (unpaired) electrons. The largest absolute Gasteiger partial charge is 0.508 e. The van der Waals surface area contributed by atoms with Gasteiger partial charge in [0.2, 0.25) is 0 Å².